The molecule has 0 radical (unpaired) electrons. The Kier molecular flexibility index (Phi) is 6.63. The zero-order chi connectivity index (χ0) is 13.5. The average Bonchev–Trinajstić information content (AvgIpc) is 2.37. The summed E-state index contributed by atoms with van der Waals surface area (Å²) in [7, 11) is 3.15. The molecule has 1 atom stereocenters. The van der Waals surface area contributed by atoms with Crippen LogP contribution >= 0.6 is 27.5 Å². The Hall–Kier alpha value is -0.620. The van der Waals surface area contributed by atoms with Gasteiger partial charge in [0.1, 0.15) is 0 Å². The minimum absolute atomic E-state index is 0.176. The zero-order valence-corrected chi connectivity index (χ0v) is 12.5. The van der Waals surface area contributed by atoms with Crippen molar-refractivity contribution >= 4 is 33.4 Å². The summed E-state index contributed by atoms with van der Waals surface area (Å²) in [4.78, 5) is 11.9. The molecule has 1 aromatic carbocycles. The number of benzene rings is 1. The van der Waals surface area contributed by atoms with Crippen LogP contribution in [0.4, 0.5) is 0 Å². The van der Waals surface area contributed by atoms with Gasteiger partial charge in [0.2, 0.25) is 0 Å². The van der Waals surface area contributed by atoms with E-state index in [4.69, 9.17) is 21.1 Å². The van der Waals surface area contributed by atoms with E-state index in [2.05, 4.69) is 21.2 Å². The second-order valence-electron chi connectivity index (χ2n) is 3.65. The first kappa shape index (κ1) is 15.4. The summed E-state index contributed by atoms with van der Waals surface area (Å²) in [6.07, 6.45) is -0.176. The number of amides is 1. The first-order chi connectivity index (χ1) is 8.58. The molecule has 0 aliphatic heterocycles. The number of hydrogen-bond donors (Lipinski definition) is 1. The molecule has 0 bridgehead atoms. The standard InChI is InChI=1S/C12H15BrClNO3/c1-17-7-9(18-2)6-15-12(16)10-5-8(13)3-4-11(10)14/h3-5,9H,6-7H2,1-2H3,(H,15,16). The van der Waals surface area contributed by atoms with Crippen LogP contribution < -0.4 is 5.32 Å². The third kappa shape index (κ3) is 4.57. The average molecular weight is 337 g/mol. The van der Waals surface area contributed by atoms with Gasteiger partial charge in [-0.3, -0.25) is 4.79 Å². The molecule has 100 valence electrons. The van der Waals surface area contributed by atoms with Crippen LogP contribution in [-0.4, -0.2) is 39.4 Å². The number of carbonyl (C=O) groups is 1. The van der Waals surface area contributed by atoms with Gasteiger partial charge < -0.3 is 14.8 Å². The summed E-state index contributed by atoms with van der Waals surface area (Å²) in [5.74, 6) is -0.237. The molecule has 0 fully saturated rings. The fourth-order valence-corrected chi connectivity index (χ4v) is 1.93. The quantitative estimate of drug-likeness (QED) is 0.868. The lowest BCUT2D eigenvalue weighted by molar-refractivity contribution is 0.0285. The van der Waals surface area contributed by atoms with Crippen molar-refractivity contribution in [2.45, 2.75) is 6.10 Å². The summed E-state index contributed by atoms with van der Waals surface area (Å²) >= 11 is 9.26. The smallest absolute Gasteiger partial charge is 0.252 e. The predicted molar refractivity (Wildman–Crippen MR) is 74.2 cm³/mol. The molecule has 1 unspecified atom stereocenters. The lowest BCUT2D eigenvalue weighted by atomic mass is 10.2. The number of nitrogens with one attached hydrogen (secondary N) is 1. The normalized spacial score (nSPS) is 12.2. The highest BCUT2D eigenvalue weighted by Crippen LogP contribution is 2.20. The molecule has 0 spiro atoms. The molecular formula is C12H15BrClNO3. The van der Waals surface area contributed by atoms with E-state index in [1.165, 1.54) is 0 Å². The van der Waals surface area contributed by atoms with Crippen molar-refractivity contribution < 1.29 is 14.3 Å². The highest BCUT2D eigenvalue weighted by Gasteiger charge is 2.13. The van der Waals surface area contributed by atoms with E-state index in [1.54, 1.807) is 32.4 Å². The fraction of sp³-hybridized carbons (Fsp3) is 0.417. The second-order valence-corrected chi connectivity index (χ2v) is 4.97. The molecule has 0 aliphatic carbocycles. The number of methoxy groups -OCH3 is 2. The molecule has 1 rings (SSSR count). The Morgan fingerprint density at radius 2 is 2.22 bits per heavy atom. The zero-order valence-electron chi connectivity index (χ0n) is 10.2. The minimum atomic E-state index is -0.237. The van der Waals surface area contributed by atoms with Gasteiger partial charge in [0.15, 0.2) is 0 Å². The van der Waals surface area contributed by atoms with Crippen molar-refractivity contribution in [1.82, 2.24) is 5.32 Å². The molecule has 0 saturated carbocycles. The van der Waals surface area contributed by atoms with Crippen molar-refractivity contribution in [2.75, 3.05) is 27.4 Å². The Labute approximate surface area is 120 Å². The summed E-state index contributed by atoms with van der Waals surface area (Å²) in [5.41, 5.74) is 0.429. The lowest BCUT2D eigenvalue weighted by Gasteiger charge is -2.15. The lowest BCUT2D eigenvalue weighted by Crippen LogP contribution is -2.35. The fourth-order valence-electron chi connectivity index (χ4n) is 1.37. The van der Waals surface area contributed by atoms with Gasteiger partial charge in [-0.25, -0.2) is 0 Å². The second kappa shape index (κ2) is 7.74. The molecule has 0 aromatic heterocycles. The Morgan fingerprint density at radius 3 is 2.83 bits per heavy atom. The van der Waals surface area contributed by atoms with Crippen LogP contribution in [0.1, 0.15) is 10.4 Å². The molecule has 18 heavy (non-hydrogen) atoms. The van der Waals surface area contributed by atoms with Crippen LogP contribution in [0.3, 0.4) is 0 Å². The number of rotatable bonds is 6. The molecule has 1 amide bonds. The van der Waals surface area contributed by atoms with Crippen molar-refractivity contribution in [2.24, 2.45) is 0 Å². The molecule has 4 nitrogen and oxygen atoms in total. The first-order valence-corrected chi connectivity index (χ1v) is 6.50. The van der Waals surface area contributed by atoms with Gasteiger partial charge in [0.05, 0.1) is 23.3 Å². The van der Waals surface area contributed by atoms with Gasteiger partial charge in [-0.05, 0) is 18.2 Å². The highest BCUT2D eigenvalue weighted by molar-refractivity contribution is 9.10. The largest absolute Gasteiger partial charge is 0.382 e. The van der Waals surface area contributed by atoms with E-state index in [-0.39, 0.29) is 12.0 Å². The Bertz CT molecular complexity index is 414. The molecule has 1 aromatic rings. The summed E-state index contributed by atoms with van der Waals surface area (Å²) in [5, 5.41) is 3.17. The van der Waals surface area contributed by atoms with E-state index >= 15 is 0 Å². The molecule has 0 aliphatic rings. The van der Waals surface area contributed by atoms with Crippen LogP contribution in [0.25, 0.3) is 0 Å². The van der Waals surface area contributed by atoms with Crippen molar-refractivity contribution in [3.05, 3.63) is 33.3 Å². The Balaban J connectivity index is 2.62. The first-order valence-electron chi connectivity index (χ1n) is 5.33. The van der Waals surface area contributed by atoms with Gasteiger partial charge in [-0.2, -0.15) is 0 Å². The topological polar surface area (TPSA) is 47.6 Å². The number of carbonyl (C=O) groups excluding carboxylic acids is 1. The number of halogens is 2. The van der Waals surface area contributed by atoms with E-state index < -0.39 is 0 Å². The van der Waals surface area contributed by atoms with Crippen LogP contribution in [0.2, 0.25) is 5.02 Å². The van der Waals surface area contributed by atoms with E-state index in [0.717, 1.165) is 4.47 Å². The third-order valence-corrected chi connectivity index (χ3v) is 3.17. The predicted octanol–water partition coefficient (Wildman–Crippen LogP) is 2.49. The summed E-state index contributed by atoms with van der Waals surface area (Å²) in [6.45, 7) is 0.787. The molecule has 0 saturated heterocycles. The van der Waals surface area contributed by atoms with Gasteiger partial charge in [0, 0.05) is 25.2 Å². The SMILES string of the molecule is COCC(CNC(=O)c1cc(Br)ccc1Cl)OC. The van der Waals surface area contributed by atoms with Crippen molar-refractivity contribution in [3.63, 3.8) is 0 Å². The summed E-state index contributed by atoms with van der Waals surface area (Å²) < 4.78 is 10.9. The van der Waals surface area contributed by atoms with Crippen LogP contribution in [0.15, 0.2) is 22.7 Å². The van der Waals surface area contributed by atoms with Gasteiger partial charge in [0.25, 0.3) is 5.91 Å². The highest BCUT2D eigenvalue weighted by atomic mass is 79.9. The molecule has 6 heteroatoms. The van der Waals surface area contributed by atoms with E-state index in [1.807, 2.05) is 0 Å². The van der Waals surface area contributed by atoms with E-state index in [0.29, 0.717) is 23.7 Å². The van der Waals surface area contributed by atoms with Gasteiger partial charge in [-0.1, -0.05) is 27.5 Å². The van der Waals surface area contributed by atoms with E-state index in [9.17, 15) is 4.79 Å². The molecular weight excluding hydrogens is 321 g/mol. The number of hydrogen-bond acceptors (Lipinski definition) is 3. The van der Waals surface area contributed by atoms with Crippen LogP contribution in [0, 0.1) is 0 Å². The minimum Gasteiger partial charge on any atom is -0.382 e. The van der Waals surface area contributed by atoms with Crippen molar-refractivity contribution in [3.8, 4) is 0 Å². The third-order valence-electron chi connectivity index (χ3n) is 2.35. The Morgan fingerprint density at radius 1 is 1.50 bits per heavy atom. The van der Waals surface area contributed by atoms with Gasteiger partial charge >= 0.3 is 0 Å². The number of ether oxygens (including phenoxy) is 2. The molecule has 0 heterocycles. The van der Waals surface area contributed by atoms with Crippen LogP contribution in [0.5, 0.6) is 0 Å². The summed E-state index contributed by atoms with van der Waals surface area (Å²) in [6, 6.07) is 5.13. The maximum atomic E-state index is 11.9. The van der Waals surface area contributed by atoms with Gasteiger partial charge in [-0.15, -0.1) is 0 Å². The molecule has 1 N–H and O–H groups in total. The monoisotopic (exact) mass is 335 g/mol. The van der Waals surface area contributed by atoms with Crippen molar-refractivity contribution in [1.29, 1.82) is 0 Å². The maximum absolute atomic E-state index is 11.9. The maximum Gasteiger partial charge on any atom is 0.252 e. The van der Waals surface area contributed by atoms with Crippen LogP contribution in [-0.2, 0) is 9.47 Å².